The normalized spacial score (nSPS) is 13.7. The third-order valence-electron chi connectivity index (χ3n) is 9.57. The van der Waals surface area contributed by atoms with Crippen LogP contribution in [0.5, 0.6) is 0 Å². The molecule has 0 nitrogen and oxygen atoms in total. The largest absolute Gasteiger partial charge is 0.416 e. The fourth-order valence-corrected chi connectivity index (χ4v) is 7.05. The van der Waals surface area contributed by atoms with Crippen molar-refractivity contribution in [3.8, 4) is 0 Å². The van der Waals surface area contributed by atoms with E-state index in [1.165, 1.54) is 11.7 Å². The Kier molecular flexibility index (Phi) is 14.2. The van der Waals surface area contributed by atoms with Gasteiger partial charge in [-0.05, 0) is 39.1 Å². The van der Waals surface area contributed by atoms with Crippen LogP contribution in [0.2, 0.25) is 0 Å². The Morgan fingerprint density at radius 1 is 0.277 bits per heavy atom. The summed E-state index contributed by atoms with van der Waals surface area (Å²) < 4.78 is 341. The first-order valence-corrected chi connectivity index (χ1v) is 18.4. The van der Waals surface area contributed by atoms with E-state index in [-0.39, 0.29) is 0 Å². The standard InChI is InChI=1S/C32H12BF24.C7H9P/c34-25(35,36)13-1-14(26(37,38)39)6-21(5-13)33(22-7-15(27(40,41)42)2-16(8-22)28(43,44)45,23-9-17(29(46,47)48)3-18(10-23)30(49,50)51)24-11-19(31(52,53)54)4-20(12-24)32(55,56)57;8-6-7-4-2-1-3-5-7/h1-12H;1-5H,6,8H2/q-1;/p+1. The summed E-state index contributed by atoms with van der Waals surface area (Å²) in [5.41, 5.74) is -28.8. The van der Waals surface area contributed by atoms with Gasteiger partial charge >= 0.3 is 49.4 Å². The maximum atomic E-state index is 14.2. The molecular formula is C39H22BF24P. The molecule has 0 radical (unpaired) electrons. The first kappa shape index (κ1) is 52.5. The van der Waals surface area contributed by atoms with Crippen LogP contribution in [-0.2, 0) is 55.6 Å². The van der Waals surface area contributed by atoms with E-state index in [0.717, 1.165) is 0 Å². The average Bonchev–Trinajstić information content (AvgIpc) is 3.15. The Morgan fingerprint density at radius 2 is 0.446 bits per heavy atom. The molecule has 0 aliphatic rings. The molecule has 0 spiro atoms. The Hall–Kier alpha value is -5.09. The van der Waals surface area contributed by atoms with E-state index in [1.54, 1.807) is 0 Å². The van der Waals surface area contributed by atoms with Crippen LogP contribution in [-0.4, -0.2) is 6.15 Å². The lowest BCUT2D eigenvalue weighted by Gasteiger charge is -2.46. The van der Waals surface area contributed by atoms with E-state index < -0.39 is 195 Å². The van der Waals surface area contributed by atoms with Crippen molar-refractivity contribution in [2.45, 2.75) is 55.6 Å². The van der Waals surface area contributed by atoms with Crippen molar-refractivity contribution in [2.75, 3.05) is 0 Å². The highest BCUT2D eigenvalue weighted by atomic mass is 31.0. The first-order chi connectivity index (χ1) is 29.2. The molecule has 0 saturated carbocycles. The van der Waals surface area contributed by atoms with E-state index in [2.05, 4.69) is 24.3 Å². The molecule has 65 heavy (non-hydrogen) atoms. The summed E-state index contributed by atoms with van der Waals surface area (Å²) in [5, 5.41) is 0. The molecule has 0 aliphatic carbocycles. The molecular weight excluding hydrogens is 966 g/mol. The molecule has 5 rings (SSSR count). The van der Waals surface area contributed by atoms with Crippen molar-refractivity contribution in [3.05, 3.63) is 153 Å². The average molecular weight is 988 g/mol. The summed E-state index contributed by atoms with van der Waals surface area (Å²) >= 11 is 0. The van der Waals surface area contributed by atoms with Crippen molar-refractivity contribution >= 4 is 37.2 Å². The van der Waals surface area contributed by atoms with Crippen molar-refractivity contribution < 1.29 is 105 Å². The first-order valence-electron chi connectivity index (χ1n) is 17.4. The van der Waals surface area contributed by atoms with Crippen LogP contribution in [0.4, 0.5) is 105 Å². The summed E-state index contributed by atoms with van der Waals surface area (Å²) in [5.74, 6) is 0. The second kappa shape index (κ2) is 17.6. The van der Waals surface area contributed by atoms with Gasteiger partial charge in [0.25, 0.3) is 0 Å². The van der Waals surface area contributed by atoms with Crippen LogP contribution in [0, 0.1) is 0 Å². The van der Waals surface area contributed by atoms with Gasteiger partial charge in [0, 0.05) is 0 Å². The predicted molar refractivity (Wildman–Crippen MR) is 191 cm³/mol. The van der Waals surface area contributed by atoms with Crippen LogP contribution in [0.15, 0.2) is 103 Å². The summed E-state index contributed by atoms with van der Waals surface area (Å²) in [6, 6.07) is 1.67. The Balaban J connectivity index is 0.00000104. The second-order valence-corrected chi connectivity index (χ2v) is 14.5. The lowest BCUT2D eigenvalue weighted by molar-refractivity contribution is -0.144. The zero-order valence-corrected chi connectivity index (χ0v) is 32.8. The number of benzene rings is 5. The van der Waals surface area contributed by atoms with Crippen LogP contribution < -0.4 is 21.9 Å². The van der Waals surface area contributed by atoms with Gasteiger partial charge < -0.3 is 0 Å². The smallest absolute Gasteiger partial charge is 0.194 e. The van der Waals surface area contributed by atoms with Crippen LogP contribution in [0.3, 0.4) is 0 Å². The van der Waals surface area contributed by atoms with E-state index in [0.29, 0.717) is 0 Å². The molecule has 0 saturated heterocycles. The van der Waals surface area contributed by atoms with Crippen molar-refractivity contribution in [1.29, 1.82) is 0 Å². The molecule has 0 amide bonds. The molecule has 1 unspecified atom stereocenters. The third-order valence-corrected chi connectivity index (χ3v) is 10.1. The molecule has 0 aliphatic heterocycles. The van der Waals surface area contributed by atoms with Crippen molar-refractivity contribution in [2.24, 2.45) is 0 Å². The number of hydrogen-bond acceptors (Lipinski definition) is 0. The fraction of sp³-hybridized carbons (Fsp3) is 0.231. The summed E-state index contributed by atoms with van der Waals surface area (Å²) in [4.78, 5) is 0. The van der Waals surface area contributed by atoms with E-state index >= 15 is 0 Å². The van der Waals surface area contributed by atoms with Gasteiger partial charge in [-0.2, -0.15) is 127 Å². The van der Waals surface area contributed by atoms with Gasteiger partial charge in [0.05, 0.1) is 50.7 Å². The lowest BCUT2D eigenvalue weighted by atomic mass is 9.12. The minimum absolute atomic E-state index is 0.691. The van der Waals surface area contributed by atoms with Crippen molar-refractivity contribution in [3.63, 3.8) is 0 Å². The Bertz CT molecular complexity index is 2030. The minimum atomic E-state index is -6.13. The highest BCUT2D eigenvalue weighted by Crippen LogP contribution is 2.41. The Labute approximate surface area is 351 Å². The number of halogens is 24. The lowest BCUT2D eigenvalue weighted by Crippen LogP contribution is -2.75. The molecule has 26 heteroatoms. The molecule has 5 aromatic rings. The second-order valence-electron chi connectivity index (χ2n) is 14.0. The third kappa shape index (κ3) is 12.2. The monoisotopic (exact) mass is 988 g/mol. The van der Waals surface area contributed by atoms with Gasteiger partial charge in [0.2, 0.25) is 0 Å². The van der Waals surface area contributed by atoms with Gasteiger partial charge in [-0.15, -0.1) is 0 Å². The number of rotatable bonds is 5. The van der Waals surface area contributed by atoms with E-state index in [9.17, 15) is 105 Å². The van der Waals surface area contributed by atoms with E-state index in [4.69, 9.17) is 0 Å². The molecule has 354 valence electrons. The van der Waals surface area contributed by atoms with Gasteiger partial charge in [-0.3, -0.25) is 0 Å². The van der Waals surface area contributed by atoms with Crippen LogP contribution in [0.1, 0.15) is 50.1 Å². The minimum Gasteiger partial charge on any atom is -0.194 e. The van der Waals surface area contributed by atoms with E-state index in [1.807, 2.05) is 15.3 Å². The molecule has 0 fully saturated rings. The van der Waals surface area contributed by atoms with Gasteiger partial charge in [-0.25, -0.2) is 0 Å². The quantitative estimate of drug-likeness (QED) is 0.0935. The zero-order chi connectivity index (χ0) is 49.7. The Morgan fingerprint density at radius 3 is 0.569 bits per heavy atom. The molecule has 0 N–H and O–H groups in total. The fourth-order valence-electron chi connectivity index (χ4n) is 6.72. The van der Waals surface area contributed by atoms with Gasteiger partial charge in [-0.1, -0.05) is 78.9 Å². The maximum absolute atomic E-state index is 14.2. The number of hydrogen-bond donors (Lipinski definition) is 0. The molecule has 0 bridgehead atoms. The molecule has 0 aromatic heterocycles. The number of alkyl halides is 24. The van der Waals surface area contributed by atoms with Gasteiger partial charge in [0.15, 0.2) is 0 Å². The molecule has 1 atom stereocenters. The highest BCUT2D eigenvalue weighted by Gasteiger charge is 2.47. The van der Waals surface area contributed by atoms with Crippen LogP contribution >= 0.6 is 9.24 Å². The summed E-state index contributed by atoms with van der Waals surface area (Å²) in [7, 11) is 1.98. The SMILES string of the molecule is FC(F)(F)c1cc([B-](c2cc(C(F)(F)F)cc(C(F)(F)F)c2)(c2cc(C(F)(F)F)cc(C(F)(F)F)c2)c2cc(C(F)(F)F)cc(C(F)(F)F)c2)cc(C(F)(F)F)c1.[PH3+]Cc1ccccc1. The zero-order valence-electron chi connectivity index (χ0n) is 31.4. The molecule has 0 heterocycles. The summed E-state index contributed by atoms with van der Waals surface area (Å²) in [6.07, 6.45) is -53.6. The van der Waals surface area contributed by atoms with Crippen molar-refractivity contribution in [1.82, 2.24) is 0 Å². The maximum Gasteiger partial charge on any atom is 0.416 e. The predicted octanol–water partition coefficient (Wildman–Crippen LogP) is 13.0. The molecule has 5 aromatic carbocycles. The van der Waals surface area contributed by atoms with Gasteiger partial charge in [0.1, 0.15) is 6.15 Å². The highest BCUT2D eigenvalue weighted by molar-refractivity contribution is 7.20. The topological polar surface area (TPSA) is 0 Å². The summed E-state index contributed by atoms with van der Waals surface area (Å²) in [6.45, 7) is 0. The van der Waals surface area contributed by atoms with Crippen LogP contribution in [0.25, 0.3) is 0 Å².